The van der Waals surface area contributed by atoms with E-state index < -0.39 is 0 Å². The van der Waals surface area contributed by atoms with Crippen molar-refractivity contribution in [2.45, 2.75) is 0 Å². The number of benzene rings is 2. The van der Waals surface area contributed by atoms with Gasteiger partial charge in [-0.05, 0) is 30.3 Å². The molecule has 0 aliphatic heterocycles. The minimum absolute atomic E-state index is 0.207. The SMILES string of the molecule is Nc1nccc(-c2ccc3noc(-c4cccc(F)c4)c3c2)n1. The van der Waals surface area contributed by atoms with E-state index in [1.807, 2.05) is 18.2 Å². The number of nitrogens with zero attached hydrogens (tertiary/aromatic N) is 3. The van der Waals surface area contributed by atoms with Crippen molar-refractivity contribution >= 4 is 16.9 Å². The molecule has 2 aromatic carbocycles. The van der Waals surface area contributed by atoms with E-state index >= 15 is 0 Å². The van der Waals surface area contributed by atoms with Crippen LogP contribution in [0.4, 0.5) is 10.3 Å². The number of nitrogen functional groups attached to an aromatic ring is 1. The first-order chi connectivity index (χ1) is 11.2. The zero-order valence-electron chi connectivity index (χ0n) is 11.9. The Balaban J connectivity index is 1.90. The van der Waals surface area contributed by atoms with Crippen molar-refractivity contribution in [3.8, 4) is 22.6 Å². The van der Waals surface area contributed by atoms with Crippen LogP contribution in [0.5, 0.6) is 0 Å². The Morgan fingerprint density at radius 3 is 2.74 bits per heavy atom. The van der Waals surface area contributed by atoms with Crippen LogP contribution in [0.25, 0.3) is 33.5 Å². The molecule has 4 aromatic rings. The van der Waals surface area contributed by atoms with Gasteiger partial charge in [0.2, 0.25) is 5.95 Å². The number of halogens is 1. The average Bonchev–Trinajstić information content (AvgIpc) is 2.98. The van der Waals surface area contributed by atoms with Gasteiger partial charge in [-0.2, -0.15) is 0 Å². The summed E-state index contributed by atoms with van der Waals surface area (Å²) in [7, 11) is 0. The van der Waals surface area contributed by atoms with Crippen molar-refractivity contribution in [2.24, 2.45) is 0 Å². The minimum Gasteiger partial charge on any atom is -0.368 e. The fourth-order valence-electron chi connectivity index (χ4n) is 2.47. The number of fused-ring (bicyclic) bond motifs is 1. The normalized spacial score (nSPS) is 11.0. The standard InChI is InChI=1S/C17H11FN4O/c18-12-3-1-2-11(8-12)16-13-9-10(4-5-15(13)22-23-16)14-6-7-20-17(19)21-14/h1-9H,(H2,19,20,21). The van der Waals surface area contributed by atoms with E-state index in [-0.39, 0.29) is 11.8 Å². The second kappa shape index (κ2) is 5.17. The van der Waals surface area contributed by atoms with Crippen LogP contribution in [0.2, 0.25) is 0 Å². The third kappa shape index (κ3) is 2.40. The van der Waals surface area contributed by atoms with Crippen molar-refractivity contribution in [1.82, 2.24) is 15.1 Å². The molecular weight excluding hydrogens is 295 g/mol. The maximum Gasteiger partial charge on any atom is 0.220 e. The zero-order chi connectivity index (χ0) is 15.8. The topological polar surface area (TPSA) is 77.8 Å². The largest absolute Gasteiger partial charge is 0.368 e. The van der Waals surface area contributed by atoms with Crippen molar-refractivity contribution in [1.29, 1.82) is 0 Å². The molecule has 6 heteroatoms. The summed E-state index contributed by atoms with van der Waals surface area (Å²) < 4.78 is 18.9. The molecular formula is C17H11FN4O. The molecule has 5 nitrogen and oxygen atoms in total. The van der Waals surface area contributed by atoms with Crippen molar-refractivity contribution < 1.29 is 8.91 Å². The number of nitrogens with two attached hydrogens (primary N) is 1. The molecule has 112 valence electrons. The van der Waals surface area contributed by atoms with Gasteiger partial charge in [0.1, 0.15) is 11.3 Å². The average molecular weight is 306 g/mol. The maximum absolute atomic E-state index is 13.5. The summed E-state index contributed by atoms with van der Waals surface area (Å²) in [6.07, 6.45) is 1.60. The fourth-order valence-corrected chi connectivity index (χ4v) is 2.47. The van der Waals surface area contributed by atoms with Crippen LogP contribution >= 0.6 is 0 Å². The molecule has 0 aliphatic carbocycles. The molecule has 0 saturated heterocycles. The molecule has 2 N–H and O–H groups in total. The Labute approximate surface area is 130 Å². The quantitative estimate of drug-likeness (QED) is 0.611. The molecule has 0 aliphatic rings. The van der Waals surface area contributed by atoms with Gasteiger partial charge in [-0.25, -0.2) is 14.4 Å². The van der Waals surface area contributed by atoms with Crippen LogP contribution in [0.1, 0.15) is 0 Å². The summed E-state index contributed by atoms with van der Waals surface area (Å²) in [5.74, 6) is 0.397. The lowest BCUT2D eigenvalue weighted by Crippen LogP contribution is -1.95. The molecule has 0 fully saturated rings. The summed E-state index contributed by atoms with van der Waals surface area (Å²) in [5.41, 5.74) is 8.51. The van der Waals surface area contributed by atoms with Crippen molar-refractivity contribution in [2.75, 3.05) is 5.73 Å². The van der Waals surface area contributed by atoms with Crippen LogP contribution < -0.4 is 5.73 Å². The molecule has 0 amide bonds. The highest BCUT2D eigenvalue weighted by Crippen LogP contribution is 2.32. The molecule has 2 heterocycles. The number of aromatic nitrogens is 3. The molecule has 0 spiro atoms. The van der Waals surface area contributed by atoms with Crippen LogP contribution in [-0.4, -0.2) is 15.1 Å². The first-order valence-electron chi connectivity index (χ1n) is 6.95. The van der Waals surface area contributed by atoms with Crippen LogP contribution in [0.15, 0.2) is 59.3 Å². The van der Waals surface area contributed by atoms with E-state index in [9.17, 15) is 4.39 Å². The monoisotopic (exact) mass is 306 g/mol. The second-order valence-electron chi connectivity index (χ2n) is 5.05. The number of anilines is 1. The molecule has 4 rings (SSSR count). The first kappa shape index (κ1) is 13.4. The first-order valence-corrected chi connectivity index (χ1v) is 6.95. The summed E-state index contributed by atoms with van der Waals surface area (Å²) in [6.45, 7) is 0. The maximum atomic E-state index is 13.5. The predicted molar refractivity (Wildman–Crippen MR) is 84.8 cm³/mol. The lowest BCUT2D eigenvalue weighted by atomic mass is 10.0. The van der Waals surface area contributed by atoms with E-state index in [4.69, 9.17) is 10.3 Å². The Hall–Kier alpha value is -3.28. The minimum atomic E-state index is -0.327. The highest BCUT2D eigenvalue weighted by atomic mass is 19.1. The zero-order valence-corrected chi connectivity index (χ0v) is 11.9. The Morgan fingerprint density at radius 1 is 1.00 bits per heavy atom. The van der Waals surface area contributed by atoms with Gasteiger partial charge in [-0.1, -0.05) is 23.4 Å². The molecule has 0 saturated carbocycles. The van der Waals surface area contributed by atoms with Gasteiger partial charge < -0.3 is 10.3 Å². The van der Waals surface area contributed by atoms with Gasteiger partial charge in [0.15, 0.2) is 5.76 Å². The molecule has 0 bridgehead atoms. The number of rotatable bonds is 2. The van der Waals surface area contributed by atoms with Gasteiger partial charge in [-0.3, -0.25) is 0 Å². The van der Waals surface area contributed by atoms with Crippen LogP contribution in [0.3, 0.4) is 0 Å². The summed E-state index contributed by atoms with van der Waals surface area (Å²) in [4.78, 5) is 8.09. The highest BCUT2D eigenvalue weighted by Gasteiger charge is 2.13. The van der Waals surface area contributed by atoms with Crippen LogP contribution in [-0.2, 0) is 0 Å². The number of hydrogen-bond donors (Lipinski definition) is 1. The van der Waals surface area contributed by atoms with E-state index in [0.717, 1.165) is 10.9 Å². The van der Waals surface area contributed by atoms with Crippen molar-refractivity contribution in [3.05, 3.63) is 60.5 Å². The third-order valence-corrected chi connectivity index (χ3v) is 3.53. The summed E-state index contributed by atoms with van der Waals surface area (Å²) >= 11 is 0. The molecule has 0 unspecified atom stereocenters. The van der Waals surface area contributed by atoms with Gasteiger partial charge in [0.05, 0.1) is 11.1 Å². The van der Waals surface area contributed by atoms with E-state index in [0.29, 0.717) is 22.5 Å². The lowest BCUT2D eigenvalue weighted by Gasteiger charge is -2.02. The Bertz CT molecular complexity index is 1010. The molecule has 0 radical (unpaired) electrons. The summed E-state index contributed by atoms with van der Waals surface area (Å²) in [6, 6.07) is 13.6. The van der Waals surface area contributed by atoms with Crippen molar-refractivity contribution in [3.63, 3.8) is 0 Å². The Morgan fingerprint density at radius 2 is 1.91 bits per heavy atom. The van der Waals surface area contributed by atoms with Gasteiger partial charge in [-0.15, -0.1) is 0 Å². The molecule has 0 atom stereocenters. The smallest absolute Gasteiger partial charge is 0.220 e. The van der Waals surface area contributed by atoms with Crippen LogP contribution in [0, 0.1) is 5.82 Å². The van der Waals surface area contributed by atoms with E-state index in [2.05, 4.69) is 15.1 Å². The van der Waals surface area contributed by atoms with Gasteiger partial charge in [0, 0.05) is 17.3 Å². The number of hydrogen-bond acceptors (Lipinski definition) is 5. The third-order valence-electron chi connectivity index (χ3n) is 3.53. The second-order valence-corrected chi connectivity index (χ2v) is 5.05. The lowest BCUT2D eigenvalue weighted by molar-refractivity contribution is 0.440. The van der Waals surface area contributed by atoms with Gasteiger partial charge in [0.25, 0.3) is 0 Å². The predicted octanol–water partition coefficient (Wildman–Crippen LogP) is 3.67. The van der Waals surface area contributed by atoms with E-state index in [1.54, 1.807) is 24.4 Å². The summed E-state index contributed by atoms with van der Waals surface area (Å²) in [5, 5.41) is 4.80. The van der Waals surface area contributed by atoms with Gasteiger partial charge >= 0.3 is 0 Å². The Kier molecular flexibility index (Phi) is 3.01. The molecule has 2 aromatic heterocycles. The fraction of sp³-hybridized carbons (Fsp3) is 0. The molecule has 23 heavy (non-hydrogen) atoms. The van der Waals surface area contributed by atoms with E-state index in [1.165, 1.54) is 12.1 Å². The highest BCUT2D eigenvalue weighted by molar-refractivity contribution is 5.94.